The lowest BCUT2D eigenvalue weighted by molar-refractivity contribution is 0.303. The zero-order valence-corrected chi connectivity index (χ0v) is 14.4. The average Bonchev–Trinajstić information content (AvgIpc) is 2.74. The van der Waals surface area contributed by atoms with Gasteiger partial charge in [0.2, 0.25) is 0 Å². The Bertz CT molecular complexity index is 590. The summed E-state index contributed by atoms with van der Waals surface area (Å²) in [6.45, 7) is 7.21. The number of hydrogen-bond donors (Lipinski definition) is 1. The maximum atomic E-state index is 13.1. The second kappa shape index (κ2) is 6.67. The minimum absolute atomic E-state index is 0.115. The predicted molar refractivity (Wildman–Crippen MR) is 88.0 cm³/mol. The summed E-state index contributed by atoms with van der Waals surface area (Å²) in [5.74, 6) is 0.541. The van der Waals surface area contributed by atoms with Gasteiger partial charge in [0.15, 0.2) is 9.84 Å². The molecule has 2 rings (SSSR count). The molecule has 1 aromatic carbocycles. The fourth-order valence-electron chi connectivity index (χ4n) is 2.96. The van der Waals surface area contributed by atoms with Gasteiger partial charge in [-0.2, -0.15) is 0 Å². The molecule has 0 spiro atoms. The van der Waals surface area contributed by atoms with Crippen LogP contribution in [-0.2, 0) is 9.84 Å². The molecule has 0 bridgehead atoms. The van der Waals surface area contributed by atoms with E-state index in [0.29, 0.717) is 12.3 Å². The summed E-state index contributed by atoms with van der Waals surface area (Å²) < 4.78 is 36.2. The largest absolute Gasteiger partial charge is 0.310 e. The van der Waals surface area contributed by atoms with Crippen molar-refractivity contribution in [3.63, 3.8) is 0 Å². The van der Waals surface area contributed by atoms with E-state index in [1.54, 1.807) is 0 Å². The Morgan fingerprint density at radius 2 is 1.91 bits per heavy atom. The molecule has 0 aliphatic carbocycles. The van der Waals surface area contributed by atoms with Crippen molar-refractivity contribution in [2.45, 2.75) is 39.7 Å². The topological polar surface area (TPSA) is 46.2 Å². The van der Waals surface area contributed by atoms with Crippen LogP contribution in [0.1, 0.15) is 45.2 Å². The monoisotopic (exact) mass is 327 g/mol. The third-order valence-electron chi connectivity index (χ3n) is 4.07. The van der Waals surface area contributed by atoms with Crippen LogP contribution in [-0.4, -0.2) is 26.5 Å². The summed E-state index contributed by atoms with van der Waals surface area (Å²) in [6.07, 6.45) is 1.65. The van der Waals surface area contributed by atoms with Crippen LogP contribution in [0.5, 0.6) is 0 Å². The molecule has 1 N–H and O–H groups in total. The van der Waals surface area contributed by atoms with Gasteiger partial charge in [-0.3, -0.25) is 0 Å². The van der Waals surface area contributed by atoms with E-state index in [-0.39, 0.29) is 28.9 Å². The zero-order valence-electron chi connectivity index (χ0n) is 13.6. The van der Waals surface area contributed by atoms with Crippen molar-refractivity contribution in [2.75, 3.05) is 18.1 Å². The first kappa shape index (κ1) is 17.4. The van der Waals surface area contributed by atoms with Gasteiger partial charge >= 0.3 is 0 Å². The molecule has 1 aliphatic heterocycles. The molecular formula is C17H26FNO2S. The second-order valence-corrected chi connectivity index (χ2v) is 9.77. The van der Waals surface area contributed by atoms with Gasteiger partial charge in [0.25, 0.3) is 0 Å². The molecule has 2 atom stereocenters. The van der Waals surface area contributed by atoms with Crippen molar-refractivity contribution < 1.29 is 12.8 Å². The van der Waals surface area contributed by atoms with E-state index in [0.717, 1.165) is 18.4 Å². The van der Waals surface area contributed by atoms with Gasteiger partial charge in [-0.1, -0.05) is 32.9 Å². The van der Waals surface area contributed by atoms with Crippen molar-refractivity contribution in [3.8, 4) is 0 Å². The molecule has 0 amide bonds. The van der Waals surface area contributed by atoms with E-state index in [1.165, 1.54) is 12.1 Å². The lowest BCUT2D eigenvalue weighted by atomic mass is 9.85. The van der Waals surface area contributed by atoms with Crippen LogP contribution in [0.25, 0.3) is 0 Å². The van der Waals surface area contributed by atoms with E-state index in [1.807, 2.05) is 12.1 Å². The normalized spacial score (nSPS) is 22.6. The quantitative estimate of drug-likeness (QED) is 0.902. The molecular weight excluding hydrogens is 301 g/mol. The van der Waals surface area contributed by atoms with Crippen molar-refractivity contribution in [3.05, 3.63) is 35.6 Å². The number of rotatable bonds is 5. The lowest BCUT2D eigenvalue weighted by Gasteiger charge is -2.28. The molecule has 0 saturated carbocycles. The van der Waals surface area contributed by atoms with Gasteiger partial charge < -0.3 is 5.32 Å². The van der Waals surface area contributed by atoms with Crippen LogP contribution in [0.4, 0.5) is 4.39 Å². The lowest BCUT2D eigenvalue weighted by Crippen LogP contribution is -2.30. The summed E-state index contributed by atoms with van der Waals surface area (Å²) in [6, 6.07) is 6.69. The van der Waals surface area contributed by atoms with Gasteiger partial charge in [-0.15, -0.1) is 0 Å². The van der Waals surface area contributed by atoms with Crippen molar-refractivity contribution in [1.29, 1.82) is 0 Å². The molecule has 0 radical (unpaired) electrons. The highest BCUT2D eigenvalue weighted by Crippen LogP contribution is 2.30. The van der Waals surface area contributed by atoms with E-state index < -0.39 is 9.84 Å². The van der Waals surface area contributed by atoms with Crippen molar-refractivity contribution >= 4 is 9.84 Å². The SMILES string of the molecule is CC(C)(C)C[C@@H](NC[C@@H]1CCS(=O)(=O)C1)c1ccc(F)cc1. The van der Waals surface area contributed by atoms with Gasteiger partial charge in [-0.05, 0) is 48.4 Å². The Labute approximate surface area is 133 Å². The maximum Gasteiger partial charge on any atom is 0.150 e. The molecule has 22 heavy (non-hydrogen) atoms. The Kier molecular flexibility index (Phi) is 5.28. The first-order valence-corrected chi connectivity index (χ1v) is 9.66. The Morgan fingerprint density at radius 1 is 1.27 bits per heavy atom. The van der Waals surface area contributed by atoms with Gasteiger partial charge in [0.1, 0.15) is 5.82 Å². The van der Waals surface area contributed by atoms with Crippen LogP contribution in [0.15, 0.2) is 24.3 Å². The number of halogens is 1. The Hall–Kier alpha value is -0.940. The second-order valence-electron chi connectivity index (χ2n) is 7.55. The van der Waals surface area contributed by atoms with Crippen LogP contribution in [0.2, 0.25) is 0 Å². The minimum Gasteiger partial charge on any atom is -0.310 e. The standard InChI is InChI=1S/C17H26FNO2S/c1-17(2,3)10-16(14-4-6-15(18)7-5-14)19-11-13-8-9-22(20,21)12-13/h4-7,13,16,19H,8-12H2,1-3H3/t13-,16+/m0/s1. The molecule has 1 saturated heterocycles. The highest BCUT2D eigenvalue weighted by atomic mass is 32.2. The number of benzene rings is 1. The van der Waals surface area contributed by atoms with E-state index >= 15 is 0 Å². The van der Waals surface area contributed by atoms with Gasteiger partial charge in [0.05, 0.1) is 11.5 Å². The van der Waals surface area contributed by atoms with Crippen LogP contribution in [0, 0.1) is 17.2 Å². The average molecular weight is 327 g/mol. The minimum atomic E-state index is -2.84. The van der Waals surface area contributed by atoms with Crippen molar-refractivity contribution in [2.24, 2.45) is 11.3 Å². The molecule has 1 heterocycles. The van der Waals surface area contributed by atoms with Crippen LogP contribution >= 0.6 is 0 Å². The fourth-order valence-corrected chi connectivity index (χ4v) is 4.82. The fraction of sp³-hybridized carbons (Fsp3) is 0.647. The number of sulfone groups is 1. The maximum absolute atomic E-state index is 13.1. The number of nitrogens with one attached hydrogen (secondary N) is 1. The van der Waals surface area contributed by atoms with E-state index in [9.17, 15) is 12.8 Å². The molecule has 124 valence electrons. The smallest absolute Gasteiger partial charge is 0.150 e. The summed E-state index contributed by atoms with van der Waals surface area (Å²) in [7, 11) is -2.84. The summed E-state index contributed by atoms with van der Waals surface area (Å²) in [4.78, 5) is 0. The molecule has 3 nitrogen and oxygen atoms in total. The number of hydrogen-bond acceptors (Lipinski definition) is 3. The zero-order chi connectivity index (χ0) is 16.4. The van der Waals surface area contributed by atoms with E-state index in [2.05, 4.69) is 26.1 Å². The Morgan fingerprint density at radius 3 is 2.41 bits per heavy atom. The van der Waals surface area contributed by atoms with Crippen molar-refractivity contribution in [1.82, 2.24) is 5.32 Å². The molecule has 0 aromatic heterocycles. The van der Waals surface area contributed by atoms with Crippen LogP contribution < -0.4 is 5.32 Å². The molecule has 5 heteroatoms. The third-order valence-corrected chi connectivity index (χ3v) is 5.91. The summed E-state index contributed by atoms with van der Waals surface area (Å²) in [5, 5.41) is 3.50. The molecule has 1 aliphatic rings. The highest BCUT2D eigenvalue weighted by Gasteiger charge is 2.29. The predicted octanol–water partition coefficient (Wildman–Crippen LogP) is 3.33. The highest BCUT2D eigenvalue weighted by molar-refractivity contribution is 7.91. The van der Waals surface area contributed by atoms with Gasteiger partial charge in [-0.25, -0.2) is 12.8 Å². The first-order chi connectivity index (χ1) is 10.1. The van der Waals surface area contributed by atoms with E-state index in [4.69, 9.17) is 0 Å². The third kappa shape index (κ3) is 5.36. The summed E-state index contributed by atoms with van der Waals surface area (Å²) >= 11 is 0. The Balaban J connectivity index is 2.03. The molecule has 1 fully saturated rings. The molecule has 0 unspecified atom stereocenters. The molecule has 1 aromatic rings. The van der Waals surface area contributed by atoms with Crippen LogP contribution in [0.3, 0.4) is 0 Å². The first-order valence-electron chi connectivity index (χ1n) is 7.84. The van der Waals surface area contributed by atoms with Gasteiger partial charge in [0, 0.05) is 6.04 Å². The summed E-state index contributed by atoms with van der Waals surface area (Å²) in [5.41, 5.74) is 1.19.